The van der Waals surface area contributed by atoms with Crippen LogP contribution in [-0.4, -0.2) is 37.5 Å². The Kier molecular flexibility index (Phi) is 7.31. The molecule has 2 atom stereocenters. The van der Waals surface area contributed by atoms with E-state index in [1.165, 1.54) is 21.9 Å². The van der Waals surface area contributed by atoms with Crippen LogP contribution in [-0.2, 0) is 34.1 Å². The van der Waals surface area contributed by atoms with E-state index >= 15 is 0 Å². The van der Waals surface area contributed by atoms with E-state index < -0.39 is 10.0 Å². The fourth-order valence-electron chi connectivity index (χ4n) is 4.92. The molecule has 5 nitrogen and oxygen atoms in total. The molecule has 1 saturated heterocycles. The summed E-state index contributed by atoms with van der Waals surface area (Å²) >= 11 is 0. The lowest BCUT2D eigenvalue weighted by molar-refractivity contribution is -0.126. The Hall–Kier alpha value is -2.18. The second-order valence-corrected chi connectivity index (χ2v) is 11.3. The summed E-state index contributed by atoms with van der Waals surface area (Å²) in [7, 11) is -3.35. The van der Waals surface area contributed by atoms with E-state index in [4.69, 9.17) is 0 Å². The normalized spacial score (nSPS) is 20.0. The van der Waals surface area contributed by atoms with Crippen LogP contribution >= 0.6 is 0 Å². The topological polar surface area (TPSA) is 66.5 Å². The number of rotatable bonds is 8. The van der Waals surface area contributed by atoms with E-state index in [2.05, 4.69) is 23.5 Å². The van der Waals surface area contributed by atoms with Gasteiger partial charge in [-0.25, -0.2) is 12.7 Å². The number of nitrogens with one attached hydrogen (secondary N) is 1. The van der Waals surface area contributed by atoms with Gasteiger partial charge in [-0.3, -0.25) is 4.79 Å². The molecule has 6 heteroatoms. The van der Waals surface area contributed by atoms with Gasteiger partial charge in [-0.2, -0.15) is 0 Å². The van der Waals surface area contributed by atoms with Gasteiger partial charge in [0.2, 0.25) is 15.9 Å². The number of carbonyl (C=O) groups is 1. The third-order valence-corrected chi connectivity index (χ3v) is 8.76. The Morgan fingerprint density at radius 3 is 2.69 bits per heavy atom. The zero-order valence-electron chi connectivity index (χ0n) is 18.9. The van der Waals surface area contributed by atoms with Gasteiger partial charge in [-0.1, -0.05) is 48.5 Å². The summed E-state index contributed by atoms with van der Waals surface area (Å²) in [6.45, 7) is 2.81. The highest BCUT2D eigenvalue weighted by Crippen LogP contribution is 2.26. The van der Waals surface area contributed by atoms with Crippen LogP contribution in [0.25, 0.3) is 0 Å². The summed E-state index contributed by atoms with van der Waals surface area (Å²) in [5.74, 6) is -0.200. The summed E-state index contributed by atoms with van der Waals surface area (Å²) in [5, 5.41) is 3.13. The fourth-order valence-corrected chi connectivity index (χ4v) is 6.50. The number of aryl methyl sites for hydroxylation is 3. The van der Waals surface area contributed by atoms with Crippen molar-refractivity contribution >= 4 is 15.9 Å². The van der Waals surface area contributed by atoms with Gasteiger partial charge in [0.25, 0.3) is 0 Å². The molecular weight excluding hydrogens is 420 g/mol. The molecule has 1 N–H and O–H groups in total. The molecule has 2 aromatic carbocycles. The van der Waals surface area contributed by atoms with Gasteiger partial charge in [-0.15, -0.1) is 0 Å². The Balaban J connectivity index is 1.31. The highest BCUT2D eigenvalue weighted by atomic mass is 32.2. The molecule has 2 aliphatic rings. The molecule has 1 heterocycles. The maximum atomic E-state index is 13.0. The van der Waals surface area contributed by atoms with Crippen molar-refractivity contribution in [3.05, 3.63) is 70.8 Å². The van der Waals surface area contributed by atoms with Crippen molar-refractivity contribution in [1.82, 2.24) is 9.62 Å². The Bertz CT molecular complexity index is 1040. The van der Waals surface area contributed by atoms with Gasteiger partial charge in [0.1, 0.15) is 0 Å². The SMILES string of the molecule is C[C@@H](NC(=O)[C@H]1CCCN(S(=O)(=O)CCCc2ccccc2)C1)c1ccc2c(c1)CCC2. The molecule has 4 rings (SSSR count). The van der Waals surface area contributed by atoms with Crippen molar-refractivity contribution < 1.29 is 13.2 Å². The largest absolute Gasteiger partial charge is 0.349 e. The summed E-state index contributed by atoms with van der Waals surface area (Å²) < 4.78 is 27.3. The monoisotopic (exact) mass is 454 g/mol. The number of fused-ring (bicyclic) bond motifs is 1. The molecule has 1 aliphatic heterocycles. The Morgan fingerprint density at radius 2 is 1.88 bits per heavy atom. The molecule has 1 aliphatic carbocycles. The number of nitrogens with zero attached hydrogens (tertiary/aromatic N) is 1. The van der Waals surface area contributed by atoms with E-state index in [-0.39, 0.29) is 30.2 Å². The zero-order chi connectivity index (χ0) is 22.6. The van der Waals surface area contributed by atoms with Crippen molar-refractivity contribution in [2.24, 2.45) is 5.92 Å². The van der Waals surface area contributed by atoms with E-state index in [0.29, 0.717) is 13.0 Å². The molecule has 32 heavy (non-hydrogen) atoms. The number of benzene rings is 2. The summed E-state index contributed by atoms with van der Waals surface area (Å²) in [6.07, 6.45) is 6.27. The molecule has 0 bridgehead atoms. The molecule has 0 radical (unpaired) electrons. The second-order valence-electron chi connectivity index (χ2n) is 9.21. The van der Waals surface area contributed by atoms with Crippen molar-refractivity contribution in [2.45, 2.75) is 57.9 Å². The van der Waals surface area contributed by atoms with Crippen LogP contribution in [0.3, 0.4) is 0 Å². The first-order valence-electron chi connectivity index (χ1n) is 11.9. The number of carbonyl (C=O) groups excluding carboxylic acids is 1. The minimum atomic E-state index is -3.35. The molecule has 0 unspecified atom stereocenters. The standard InChI is InChI=1S/C26H34N2O3S/c1-20(23-15-14-22-11-5-12-24(22)18-23)27-26(29)25-13-6-16-28(19-25)32(30,31)17-7-10-21-8-3-2-4-9-21/h2-4,8-9,14-15,18,20,25H,5-7,10-13,16-17,19H2,1H3,(H,27,29)/t20-,25+/m1/s1. The van der Waals surface area contributed by atoms with Gasteiger partial charge in [0.05, 0.1) is 17.7 Å². The van der Waals surface area contributed by atoms with Crippen LogP contribution in [0, 0.1) is 5.92 Å². The Morgan fingerprint density at radius 1 is 1.09 bits per heavy atom. The average molecular weight is 455 g/mol. The molecule has 0 aromatic heterocycles. The van der Waals surface area contributed by atoms with Crippen LogP contribution in [0.4, 0.5) is 0 Å². The molecule has 2 aromatic rings. The lowest BCUT2D eigenvalue weighted by Gasteiger charge is -2.32. The van der Waals surface area contributed by atoms with Crippen LogP contribution in [0.2, 0.25) is 0 Å². The third kappa shape index (κ3) is 5.59. The number of amides is 1. The fraction of sp³-hybridized carbons (Fsp3) is 0.500. The maximum absolute atomic E-state index is 13.0. The second kappa shape index (κ2) is 10.2. The van der Waals surface area contributed by atoms with E-state index in [1.807, 2.05) is 37.3 Å². The molecular formula is C26H34N2O3S. The molecule has 0 saturated carbocycles. The van der Waals surface area contributed by atoms with Crippen LogP contribution in [0.15, 0.2) is 48.5 Å². The number of piperidine rings is 1. The van der Waals surface area contributed by atoms with Crippen molar-refractivity contribution in [2.75, 3.05) is 18.8 Å². The highest BCUT2D eigenvalue weighted by molar-refractivity contribution is 7.89. The van der Waals surface area contributed by atoms with Gasteiger partial charge in [0, 0.05) is 13.1 Å². The minimum absolute atomic E-state index is 0.0396. The number of hydrogen-bond acceptors (Lipinski definition) is 3. The highest BCUT2D eigenvalue weighted by Gasteiger charge is 2.32. The third-order valence-electron chi connectivity index (χ3n) is 6.84. The van der Waals surface area contributed by atoms with Crippen molar-refractivity contribution in [1.29, 1.82) is 0 Å². The van der Waals surface area contributed by atoms with E-state index in [9.17, 15) is 13.2 Å². The first kappa shape index (κ1) is 23.0. The summed E-state index contributed by atoms with van der Waals surface area (Å²) in [6, 6.07) is 16.4. The van der Waals surface area contributed by atoms with E-state index in [1.54, 1.807) is 0 Å². The van der Waals surface area contributed by atoms with Gasteiger partial charge in [-0.05, 0) is 74.1 Å². The Labute approximate surface area is 192 Å². The first-order valence-corrected chi connectivity index (χ1v) is 13.5. The lowest BCUT2D eigenvalue weighted by atomic mass is 9.97. The first-order chi connectivity index (χ1) is 15.4. The lowest BCUT2D eigenvalue weighted by Crippen LogP contribution is -2.46. The van der Waals surface area contributed by atoms with Gasteiger partial charge in [0.15, 0.2) is 0 Å². The molecule has 1 fully saturated rings. The van der Waals surface area contributed by atoms with Crippen molar-refractivity contribution in [3.8, 4) is 0 Å². The molecule has 0 spiro atoms. The zero-order valence-corrected chi connectivity index (χ0v) is 19.7. The smallest absolute Gasteiger partial charge is 0.224 e. The van der Waals surface area contributed by atoms with Crippen LogP contribution in [0.1, 0.15) is 60.9 Å². The summed E-state index contributed by atoms with van der Waals surface area (Å²) in [4.78, 5) is 13.0. The maximum Gasteiger partial charge on any atom is 0.224 e. The predicted molar refractivity (Wildman–Crippen MR) is 128 cm³/mol. The average Bonchev–Trinajstić information content (AvgIpc) is 3.28. The van der Waals surface area contributed by atoms with Gasteiger partial charge >= 0.3 is 0 Å². The molecule has 172 valence electrons. The van der Waals surface area contributed by atoms with Crippen molar-refractivity contribution in [3.63, 3.8) is 0 Å². The van der Waals surface area contributed by atoms with Crippen LogP contribution < -0.4 is 5.32 Å². The quantitative estimate of drug-likeness (QED) is 0.655. The number of sulfonamides is 1. The molecule has 1 amide bonds. The number of hydrogen-bond donors (Lipinski definition) is 1. The summed E-state index contributed by atoms with van der Waals surface area (Å²) in [5.41, 5.74) is 5.10. The van der Waals surface area contributed by atoms with Crippen LogP contribution in [0.5, 0.6) is 0 Å². The minimum Gasteiger partial charge on any atom is -0.349 e. The van der Waals surface area contributed by atoms with Gasteiger partial charge < -0.3 is 5.32 Å². The predicted octanol–water partition coefficient (Wildman–Crippen LogP) is 4.03. The van der Waals surface area contributed by atoms with E-state index in [0.717, 1.165) is 43.2 Å².